The molecule has 2 saturated carbocycles. The molecule has 2 amide bonds. The maximum absolute atomic E-state index is 11.1. The van der Waals surface area contributed by atoms with Gasteiger partial charge in [0.05, 0.1) is 13.2 Å². The van der Waals surface area contributed by atoms with Gasteiger partial charge in [0.1, 0.15) is 55.1 Å². The Kier molecular flexibility index (Phi) is 14.9. The zero-order valence-corrected chi connectivity index (χ0v) is 31.2. The third kappa shape index (κ3) is 9.48. The van der Waals surface area contributed by atoms with Gasteiger partial charge in [0.25, 0.3) is 11.8 Å². The number of Topliss-reactive ketones (excluding diaryl/α,β-unsaturated/α-hetero) is 1. The molecule has 2 aromatic rings. The Balaban J connectivity index is 0.000000176. The number of ketones is 1. The molecular weight excluding hydrogens is 905 g/mol. The molecule has 0 radical (unpaired) electrons. The number of fused-ring (bicyclic) bond motifs is 1. The van der Waals surface area contributed by atoms with Gasteiger partial charge in [-0.25, -0.2) is 19.3 Å². The van der Waals surface area contributed by atoms with E-state index in [1.54, 1.807) is 0 Å². The van der Waals surface area contributed by atoms with Crippen molar-refractivity contribution in [3.63, 3.8) is 0 Å². The van der Waals surface area contributed by atoms with Crippen molar-refractivity contribution in [2.45, 2.75) is 106 Å². The van der Waals surface area contributed by atoms with E-state index in [-0.39, 0.29) is 24.4 Å². The molecule has 0 bridgehead atoms. The molecule has 22 heteroatoms. The summed E-state index contributed by atoms with van der Waals surface area (Å²) in [6.45, 7) is -0.611. The van der Waals surface area contributed by atoms with Gasteiger partial charge in [0.2, 0.25) is 11.6 Å². The van der Waals surface area contributed by atoms with Gasteiger partial charge in [0.15, 0.2) is 18.2 Å². The first kappa shape index (κ1) is 39.4. The molecule has 0 unspecified atom stereocenters. The number of hydrogen-bond acceptors (Lipinski definition) is 15. The quantitative estimate of drug-likeness (QED) is 0.194. The molecule has 5 fully saturated rings. The minimum atomic E-state index is -1.27. The summed E-state index contributed by atoms with van der Waals surface area (Å²) < 4.78 is 25.6. The second-order valence-corrected chi connectivity index (χ2v) is 23.2. The Hall–Kier alpha value is -1.39. The van der Waals surface area contributed by atoms with Crippen LogP contribution in [0.2, 0.25) is 0 Å². The van der Waals surface area contributed by atoms with Gasteiger partial charge in [-0.1, -0.05) is 0 Å². The summed E-state index contributed by atoms with van der Waals surface area (Å²) in [5.74, 6) is -1.93. The first-order chi connectivity index (χ1) is 23.0. The van der Waals surface area contributed by atoms with Gasteiger partial charge >= 0.3 is 49.4 Å². The number of aromatic nitrogens is 6. The van der Waals surface area contributed by atoms with Crippen molar-refractivity contribution in [2.24, 2.45) is 11.5 Å². The number of rotatable bonds is 6. The van der Waals surface area contributed by atoms with Gasteiger partial charge in [-0.2, -0.15) is 0 Å². The van der Waals surface area contributed by atoms with E-state index >= 15 is 0 Å². The average molecular weight is 943 g/mol. The van der Waals surface area contributed by atoms with E-state index in [1.165, 1.54) is 11.0 Å². The summed E-state index contributed by atoms with van der Waals surface area (Å²) in [6.07, 6.45) is 4.06. The van der Waals surface area contributed by atoms with Crippen LogP contribution in [0.1, 0.15) is 85.1 Å². The maximum atomic E-state index is 11.1. The van der Waals surface area contributed by atoms with Crippen LogP contribution in [0.4, 0.5) is 0 Å². The average Bonchev–Trinajstić information content (AvgIpc) is 3.91. The van der Waals surface area contributed by atoms with Crippen LogP contribution in [0.3, 0.4) is 0 Å². The van der Waals surface area contributed by atoms with Crippen molar-refractivity contribution in [1.82, 2.24) is 29.5 Å². The van der Waals surface area contributed by atoms with Crippen molar-refractivity contribution in [3.05, 3.63) is 24.3 Å². The summed E-state index contributed by atoms with van der Waals surface area (Å²) >= 11 is 4.74. The van der Waals surface area contributed by atoms with E-state index in [9.17, 15) is 29.7 Å². The Bertz CT molecular complexity index is 1370. The molecule has 7 rings (SSSR count). The van der Waals surface area contributed by atoms with Crippen LogP contribution in [-0.4, -0.2) is 123 Å². The van der Waals surface area contributed by atoms with E-state index in [2.05, 4.69) is 60.1 Å². The number of aliphatic hydroxyl groups is 4. The number of hydrogen-bond donors (Lipinski definition) is 6. The van der Waals surface area contributed by atoms with Crippen molar-refractivity contribution in [2.75, 3.05) is 13.2 Å². The van der Waals surface area contributed by atoms with E-state index in [1.807, 2.05) is 0 Å². The molecular formula is C26H38I2N8O11V. The fraction of sp³-hybridized carbons (Fsp3) is 0.731. The van der Waals surface area contributed by atoms with E-state index in [4.69, 9.17) is 35.5 Å². The van der Waals surface area contributed by atoms with E-state index in [0.29, 0.717) is 15.2 Å². The summed E-state index contributed by atoms with van der Waals surface area (Å²) in [5.41, 5.74) is 10.1. The standard InChI is InChI=1S/C13H18N4O5.C8H12N4O5.C5H8O.2HI.V/c14-10(19)11-15-6-17(16-11)12-9-8(7(5-18)20-12)21-13(22-9)3-1-2-4-13;9-6(16)7-10-2-12(11-7)8-5(15)4(14)3(1-13)17-8;6-5-3-1-2-4-5;;;/h6-9,12,18H,1-5H2,(H2,14,19);2-5,8,13-15H,1H2,(H2,9,16);1-4H2;2*1H;/q;;;;;+2/p-2/t7-,8-,9-,12-;3-,4-,5-,8-;;;;/m00..../s1. The number of primary amides is 2. The van der Waals surface area contributed by atoms with Gasteiger partial charge in [0, 0.05) is 25.7 Å². The van der Waals surface area contributed by atoms with Crippen LogP contribution in [-0.2, 0) is 33.2 Å². The Morgan fingerprint density at radius 3 is 1.73 bits per heavy atom. The molecule has 2 aliphatic carbocycles. The van der Waals surface area contributed by atoms with Crippen LogP contribution >= 0.6 is 40.0 Å². The van der Waals surface area contributed by atoms with Crippen LogP contribution in [0.15, 0.2) is 12.7 Å². The molecule has 0 aromatic carbocycles. The van der Waals surface area contributed by atoms with Gasteiger partial charge in [-0.3, -0.25) is 14.4 Å². The molecule has 3 saturated heterocycles. The SMILES string of the molecule is NC(=O)c1ncn([C@H]2O[C@@H](CO)[C@@H]3OC4(CCCC4)O[C@@H]32)n1.NC(=O)c1ncn([C@H]2O[C@@H](CO)[C@H](O)[C@@H]2O)n1.O=C1CCCC1.[I][V][I]. The van der Waals surface area contributed by atoms with Crippen LogP contribution in [0, 0.1) is 0 Å². The normalized spacial score (nSPS) is 31.2. The first-order valence-corrected chi connectivity index (χ1v) is 24.1. The van der Waals surface area contributed by atoms with Crippen LogP contribution < -0.4 is 11.5 Å². The number of carbonyl (C=O) groups is 3. The molecule has 2 aromatic heterocycles. The number of nitrogens with two attached hydrogens (primary N) is 2. The first-order valence-electron chi connectivity index (χ1n) is 15.1. The number of ether oxygens (including phenoxy) is 4. The molecule has 19 nitrogen and oxygen atoms in total. The summed E-state index contributed by atoms with van der Waals surface area (Å²) in [4.78, 5) is 39.6. The predicted molar refractivity (Wildman–Crippen MR) is 174 cm³/mol. The zero-order chi connectivity index (χ0) is 35.0. The number of aliphatic hydroxyl groups excluding tert-OH is 4. The summed E-state index contributed by atoms with van der Waals surface area (Å²) in [6, 6.07) is 0. The third-order valence-corrected chi connectivity index (χ3v) is 8.19. The third-order valence-electron chi connectivity index (χ3n) is 8.19. The second kappa shape index (κ2) is 18.2. The van der Waals surface area contributed by atoms with Crippen molar-refractivity contribution in [1.29, 1.82) is 0 Å². The molecule has 5 aliphatic rings. The monoisotopic (exact) mass is 943 g/mol. The predicted octanol–water partition coefficient (Wildman–Crippen LogP) is -0.792. The second-order valence-electron chi connectivity index (χ2n) is 11.4. The number of carbonyl (C=O) groups excluding carboxylic acids is 3. The van der Waals surface area contributed by atoms with Crippen molar-refractivity contribution in [3.8, 4) is 0 Å². The van der Waals surface area contributed by atoms with Gasteiger partial charge in [-0.15, -0.1) is 10.2 Å². The molecule has 48 heavy (non-hydrogen) atoms. The Morgan fingerprint density at radius 1 is 0.833 bits per heavy atom. The van der Waals surface area contributed by atoms with Crippen molar-refractivity contribution >= 4 is 57.6 Å². The Labute approximate surface area is 303 Å². The molecule has 8 atom stereocenters. The number of amides is 2. The molecule has 1 spiro atoms. The zero-order valence-electron chi connectivity index (χ0n) is 25.5. The topological polar surface area (TPSA) is 283 Å². The summed E-state index contributed by atoms with van der Waals surface area (Å²) in [7, 11) is 0.628. The van der Waals surface area contributed by atoms with E-state index < -0.39 is 67.2 Å². The molecule has 5 heterocycles. The minimum absolute atomic E-state index is 0.0814. The molecule has 3 aliphatic heterocycles. The van der Waals surface area contributed by atoms with Crippen LogP contribution in [0.5, 0.6) is 0 Å². The van der Waals surface area contributed by atoms with Gasteiger partial charge in [-0.05, 0) is 25.7 Å². The Morgan fingerprint density at radius 2 is 1.31 bits per heavy atom. The molecule has 8 N–H and O–H groups in total. The summed E-state index contributed by atoms with van der Waals surface area (Å²) in [5, 5.41) is 45.3. The van der Waals surface area contributed by atoms with Crippen LogP contribution in [0.25, 0.3) is 0 Å². The molecule has 267 valence electrons. The van der Waals surface area contributed by atoms with E-state index in [0.717, 1.165) is 62.4 Å². The number of halogens is 2. The van der Waals surface area contributed by atoms with Crippen molar-refractivity contribution < 1.29 is 63.2 Å². The fourth-order valence-electron chi connectivity index (χ4n) is 5.90. The van der Waals surface area contributed by atoms with Gasteiger partial charge < -0.3 is 50.8 Å². The number of nitrogens with zero attached hydrogens (tertiary/aromatic N) is 6. The fourth-order valence-corrected chi connectivity index (χ4v) is 5.90.